The summed E-state index contributed by atoms with van der Waals surface area (Å²) < 4.78 is 41.0. The lowest BCUT2D eigenvalue weighted by Crippen LogP contribution is -2.49. The summed E-state index contributed by atoms with van der Waals surface area (Å²) in [5.41, 5.74) is 1.23. The summed E-state index contributed by atoms with van der Waals surface area (Å²) in [7, 11) is 2.20. The molecule has 1 saturated heterocycles. The van der Waals surface area contributed by atoms with Crippen molar-refractivity contribution >= 4 is 22.0 Å². The Balaban J connectivity index is 1.43. The lowest BCUT2D eigenvalue weighted by molar-refractivity contribution is -0.0688. The second kappa shape index (κ2) is 6.96. The normalized spacial score (nSPS) is 32.3. The largest absolute Gasteiger partial charge is 0.417 e. The number of anilines is 1. The maximum absolute atomic E-state index is 13.7. The summed E-state index contributed by atoms with van der Waals surface area (Å²) in [5.74, 6) is 1.89. The van der Waals surface area contributed by atoms with Crippen LogP contribution >= 0.6 is 0 Å². The monoisotopic (exact) mass is 441 g/mol. The number of pyridine rings is 1. The molecular weight excluding hydrogens is 411 g/mol. The van der Waals surface area contributed by atoms with Crippen molar-refractivity contribution in [1.29, 1.82) is 0 Å². The molecular formula is C26H30F3N3. The summed E-state index contributed by atoms with van der Waals surface area (Å²) in [6.07, 6.45) is 2.13. The van der Waals surface area contributed by atoms with Crippen LogP contribution in [0, 0.1) is 17.3 Å². The fraction of sp³-hybridized carbons (Fsp3) is 0.577. The van der Waals surface area contributed by atoms with Crippen LogP contribution in [0.2, 0.25) is 0 Å². The van der Waals surface area contributed by atoms with Crippen LogP contribution < -0.4 is 5.32 Å². The van der Waals surface area contributed by atoms with E-state index in [9.17, 15) is 13.2 Å². The number of aromatic nitrogens is 1. The van der Waals surface area contributed by atoms with Crippen molar-refractivity contribution in [2.24, 2.45) is 17.3 Å². The number of likely N-dealkylation sites (tertiary alicyclic amines) is 1. The van der Waals surface area contributed by atoms with Crippen molar-refractivity contribution in [3.63, 3.8) is 0 Å². The Kier molecular flexibility index (Phi) is 4.46. The van der Waals surface area contributed by atoms with Gasteiger partial charge in [0, 0.05) is 46.1 Å². The number of halogens is 3. The zero-order valence-corrected chi connectivity index (χ0v) is 18.5. The van der Waals surface area contributed by atoms with Crippen LogP contribution in [0.5, 0.6) is 0 Å². The molecule has 3 aliphatic carbocycles. The van der Waals surface area contributed by atoms with Gasteiger partial charge in [-0.3, -0.25) is 4.98 Å². The number of benzene rings is 1. The first-order valence-electron chi connectivity index (χ1n) is 11.9. The van der Waals surface area contributed by atoms with Crippen LogP contribution in [0.15, 0.2) is 30.8 Å². The van der Waals surface area contributed by atoms with E-state index in [1.165, 1.54) is 6.42 Å². The standard InChI is InChI=1S/C26H30F3N3/c1-15(26(27,28)29)24-17-8-5-9-21(18(17)12-22(31-24)16-6-3-4-7-16)30-23-10-11-32(2)14-25(23)19-13-20(19)25/h5,8-9,12,16,19-20,23,30H,1,3-4,6-7,10-11,13-14H2,2H3/t19-,20-,23+/m0/s1. The van der Waals surface area contributed by atoms with Crippen LogP contribution in [-0.4, -0.2) is 42.2 Å². The van der Waals surface area contributed by atoms with Crippen molar-refractivity contribution in [3.05, 3.63) is 42.2 Å². The zero-order chi connectivity index (χ0) is 22.3. The molecule has 2 aromatic rings. The Labute approximate surface area is 187 Å². The minimum Gasteiger partial charge on any atom is -0.381 e. The number of fused-ring (bicyclic) bond motifs is 4. The molecule has 4 fully saturated rings. The van der Waals surface area contributed by atoms with Crippen molar-refractivity contribution in [3.8, 4) is 0 Å². The van der Waals surface area contributed by atoms with Gasteiger partial charge in [0.25, 0.3) is 0 Å². The topological polar surface area (TPSA) is 28.2 Å². The quantitative estimate of drug-likeness (QED) is 0.611. The van der Waals surface area contributed by atoms with E-state index in [0.717, 1.165) is 73.8 Å². The van der Waals surface area contributed by atoms with Gasteiger partial charge in [0.15, 0.2) is 0 Å². The number of nitrogens with zero attached hydrogens (tertiary/aromatic N) is 2. The van der Waals surface area contributed by atoms with Gasteiger partial charge in [0.05, 0.1) is 11.3 Å². The van der Waals surface area contributed by atoms with Gasteiger partial charge in [0.1, 0.15) is 0 Å². The summed E-state index contributed by atoms with van der Waals surface area (Å²) in [5, 5.41) is 5.21. The number of hydrogen-bond donors (Lipinski definition) is 1. The van der Waals surface area contributed by atoms with Crippen molar-refractivity contribution in [2.45, 2.75) is 56.7 Å². The molecule has 3 saturated carbocycles. The highest BCUT2D eigenvalue weighted by atomic mass is 19.4. The van der Waals surface area contributed by atoms with Gasteiger partial charge in [-0.1, -0.05) is 31.6 Å². The minimum absolute atomic E-state index is 0.00656. The first-order chi connectivity index (χ1) is 15.3. The molecule has 1 aromatic heterocycles. The third-order valence-corrected chi connectivity index (χ3v) is 8.68. The summed E-state index contributed by atoms with van der Waals surface area (Å²) in [6.45, 7) is 5.57. The molecule has 1 N–H and O–H groups in total. The van der Waals surface area contributed by atoms with Crippen LogP contribution in [-0.2, 0) is 0 Å². The van der Waals surface area contributed by atoms with Gasteiger partial charge in [-0.2, -0.15) is 13.2 Å². The van der Waals surface area contributed by atoms with Gasteiger partial charge >= 0.3 is 6.18 Å². The Hall–Kier alpha value is -2.08. The fourth-order valence-electron chi connectivity index (χ4n) is 6.74. The molecule has 6 heteroatoms. The Morgan fingerprint density at radius 3 is 2.56 bits per heavy atom. The molecule has 4 aliphatic rings. The van der Waals surface area contributed by atoms with E-state index < -0.39 is 11.7 Å². The molecule has 0 radical (unpaired) electrons. The van der Waals surface area contributed by atoms with Crippen molar-refractivity contribution in [1.82, 2.24) is 9.88 Å². The Morgan fingerprint density at radius 1 is 1.16 bits per heavy atom. The number of allylic oxidation sites excluding steroid dienone is 1. The minimum atomic E-state index is -4.50. The average Bonchev–Trinajstić information content (AvgIpc) is 3.61. The van der Waals surface area contributed by atoms with Gasteiger partial charge in [-0.15, -0.1) is 0 Å². The molecule has 2 heterocycles. The summed E-state index contributed by atoms with van der Waals surface area (Å²) in [4.78, 5) is 6.98. The molecule has 32 heavy (non-hydrogen) atoms. The van der Waals surface area contributed by atoms with Gasteiger partial charge in [-0.05, 0) is 63.2 Å². The Bertz CT molecular complexity index is 1080. The van der Waals surface area contributed by atoms with Gasteiger partial charge in [0.2, 0.25) is 0 Å². The second-order valence-electron chi connectivity index (χ2n) is 10.5. The Morgan fingerprint density at radius 2 is 1.91 bits per heavy atom. The van der Waals surface area contributed by atoms with Crippen molar-refractivity contribution in [2.75, 3.05) is 25.5 Å². The zero-order valence-electron chi connectivity index (χ0n) is 18.5. The molecule has 1 aliphatic heterocycles. The molecule has 6 rings (SSSR count). The smallest absolute Gasteiger partial charge is 0.381 e. The molecule has 3 nitrogen and oxygen atoms in total. The fourth-order valence-corrected chi connectivity index (χ4v) is 6.74. The van der Waals surface area contributed by atoms with Crippen LogP contribution in [0.1, 0.15) is 55.8 Å². The third kappa shape index (κ3) is 3.09. The van der Waals surface area contributed by atoms with E-state index >= 15 is 0 Å². The molecule has 0 bridgehead atoms. The lowest BCUT2D eigenvalue weighted by atomic mass is 9.80. The van der Waals surface area contributed by atoms with Crippen LogP contribution in [0.25, 0.3) is 16.3 Å². The first kappa shape index (κ1) is 20.5. The number of alkyl halides is 3. The third-order valence-electron chi connectivity index (χ3n) is 8.68. The molecule has 170 valence electrons. The summed E-state index contributed by atoms with van der Waals surface area (Å²) >= 11 is 0. The second-order valence-corrected chi connectivity index (χ2v) is 10.5. The number of nitrogens with one attached hydrogen (secondary N) is 1. The van der Waals surface area contributed by atoms with Gasteiger partial charge in [-0.25, -0.2) is 0 Å². The molecule has 1 spiro atoms. The van der Waals surface area contributed by atoms with E-state index in [-0.39, 0.29) is 11.6 Å². The predicted molar refractivity (Wildman–Crippen MR) is 122 cm³/mol. The highest BCUT2D eigenvalue weighted by Crippen LogP contribution is 2.80. The maximum atomic E-state index is 13.7. The maximum Gasteiger partial charge on any atom is 0.417 e. The van der Waals surface area contributed by atoms with Crippen molar-refractivity contribution < 1.29 is 13.2 Å². The van der Waals surface area contributed by atoms with Crippen LogP contribution in [0.4, 0.5) is 18.9 Å². The SMILES string of the molecule is C=C(c1nc(C2CCCC2)cc2c(N[C@@H]3CCN(C)CC34[C@H]3C[C@@H]34)cccc12)C(F)(F)F. The molecule has 0 amide bonds. The first-order valence-corrected chi connectivity index (χ1v) is 11.9. The molecule has 0 unspecified atom stereocenters. The van der Waals surface area contributed by atoms with E-state index in [0.29, 0.717) is 16.8 Å². The molecule has 1 aromatic carbocycles. The number of piperidine rings is 1. The molecule has 3 atom stereocenters. The summed E-state index contributed by atoms with van der Waals surface area (Å²) in [6, 6.07) is 8.07. The van der Waals surface area contributed by atoms with E-state index in [4.69, 9.17) is 0 Å². The lowest BCUT2D eigenvalue weighted by Gasteiger charge is -2.42. The predicted octanol–water partition coefficient (Wildman–Crippen LogP) is 6.22. The van der Waals surface area contributed by atoms with Crippen LogP contribution in [0.3, 0.4) is 0 Å². The highest BCUT2D eigenvalue weighted by Gasteiger charge is 2.79. The van der Waals surface area contributed by atoms with Gasteiger partial charge < -0.3 is 10.2 Å². The van der Waals surface area contributed by atoms with E-state index in [1.54, 1.807) is 6.07 Å². The highest BCUT2D eigenvalue weighted by molar-refractivity contribution is 6.00. The number of hydrogen-bond acceptors (Lipinski definition) is 3. The average molecular weight is 442 g/mol. The van der Waals surface area contributed by atoms with E-state index in [1.807, 2.05) is 12.1 Å². The van der Waals surface area contributed by atoms with E-state index in [2.05, 4.69) is 34.9 Å². The number of rotatable bonds is 4.